The minimum absolute atomic E-state index is 0.0963. The lowest BCUT2D eigenvalue weighted by Gasteiger charge is -2.08. The third-order valence-electron chi connectivity index (χ3n) is 2.20. The van der Waals surface area contributed by atoms with Gasteiger partial charge in [0.1, 0.15) is 0 Å². The lowest BCUT2D eigenvalue weighted by Crippen LogP contribution is -2.14. The first kappa shape index (κ1) is 12.9. The summed E-state index contributed by atoms with van der Waals surface area (Å²) in [5.41, 5.74) is 6.35. The maximum absolute atomic E-state index is 8.78. The number of nitrogens with zero attached hydrogens (tertiary/aromatic N) is 2. The maximum atomic E-state index is 8.78. The number of nitrogens with two attached hydrogens (primary N) is 1. The molecule has 0 radical (unpaired) electrons. The first-order valence-corrected chi connectivity index (χ1v) is 6.67. The van der Waals surface area contributed by atoms with Gasteiger partial charge in [0.15, 0.2) is 5.84 Å². The van der Waals surface area contributed by atoms with E-state index in [1.807, 2.05) is 30.3 Å². The molecule has 1 heterocycles. The predicted octanol–water partition coefficient (Wildman–Crippen LogP) is 3.09. The Hall–Kier alpha value is -1.53. The summed E-state index contributed by atoms with van der Waals surface area (Å²) in [6.07, 6.45) is 3.45. The average molecular weight is 324 g/mol. The second kappa shape index (κ2) is 5.88. The van der Waals surface area contributed by atoms with Crippen LogP contribution in [0.15, 0.2) is 62.1 Å². The van der Waals surface area contributed by atoms with Crippen LogP contribution in [0.2, 0.25) is 0 Å². The quantitative estimate of drug-likeness (QED) is 0.394. The summed E-state index contributed by atoms with van der Waals surface area (Å²) in [5, 5.41) is 11.8. The van der Waals surface area contributed by atoms with Crippen LogP contribution in [-0.4, -0.2) is 16.0 Å². The minimum Gasteiger partial charge on any atom is -0.409 e. The molecule has 0 saturated heterocycles. The summed E-state index contributed by atoms with van der Waals surface area (Å²) in [4.78, 5) is 5.91. The molecule has 0 spiro atoms. The predicted molar refractivity (Wildman–Crippen MR) is 75.0 cm³/mol. The van der Waals surface area contributed by atoms with Crippen molar-refractivity contribution in [1.29, 1.82) is 0 Å². The van der Waals surface area contributed by atoms with E-state index in [0.29, 0.717) is 5.56 Å². The van der Waals surface area contributed by atoms with Crippen LogP contribution in [0.3, 0.4) is 0 Å². The molecule has 18 heavy (non-hydrogen) atoms. The van der Waals surface area contributed by atoms with Crippen molar-refractivity contribution >= 4 is 33.5 Å². The first-order valence-electron chi connectivity index (χ1n) is 5.06. The molecule has 3 N–H and O–H groups in total. The molecule has 0 amide bonds. The normalized spacial score (nSPS) is 11.5. The zero-order chi connectivity index (χ0) is 13.0. The van der Waals surface area contributed by atoms with Crippen molar-refractivity contribution in [2.24, 2.45) is 10.9 Å². The van der Waals surface area contributed by atoms with Crippen molar-refractivity contribution in [2.45, 2.75) is 9.79 Å². The lowest BCUT2D eigenvalue weighted by molar-refractivity contribution is 0.318. The zero-order valence-corrected chi connectivity index (χ0v) is 11.6. The Morgan fingerprint density at radius 1 is 1.28 bits per heavy atom. The van der Waals surface area contributed by atoms with Crippen LogP contribution in [0.4, 0.5) is 0 Å². The number of amidine groups is 1. The number of benzene rings is 1. The fraction of sp³-hybridized carbons (Fsp3) is 0. The van der Waals surface area contributed by atoms with Gasteiger partial charge in [-0.1, -0.05) is 32.8 Å². The second-order valence-corrected chi connectivity index (χ2v) is 5.44. The second-order valence-electron chi connectivity index (χ2n) is 3.41. The number of oxime groups is 1. The summed E-state index contributed by atoms with van der Waals surface area (Å²) < 4.78 is 0.938. The number of hydrogen-bond acceptors (Lipinski definition) is 4. The monoisotopic (exact) mass is 323 g/mol. The highest BCUT2D eigenvalue weighted by molar-refractivity contribution is 9.10. The van der Waals surface area contributed by atoms with Gasteiger partial charge in [-0.2, -0.15) is 0 Å². The molecule has 0 aliphatic heterocycles. The van der Waals surface area contributed by atoms with Gasteiger partial charge in [0, 0.05) is 32.2 Å². The number of aromatic nitrogens is 1. The van der Waals surface area contributed by atoms with E-state index in [9.17, 15) is 0 Å². The van der Waals surface area contributed by atoms with Crippen molar-refractivity contribution < 1.29 is 5.21 Å². The molecular formula is C12H10BrN3OS. The van der Waals surface area contributed by atoms with Crippen LogP contribution >= 0.6 is 27.7 Å². The molecule has 6 heteroatoms. The van der Waals surface area contributed by atoms with E-state index in [4.69, 9.17) is 10.9 Å². The Morgan fingerprint density at radius 3 is 2.67 bits per heavy atom. The molecular weight excluding hydrogens is 314 g/mol. The smallest absolute Gasteiger partial charge is 0.171 e. The van der Waals surface area contributed by atoms with Crippen molar-refractivity contribution in [3.8, 4) is 0 Å². The van der Waals surface area contributed by atoms with Crippen LogP contribution in [0, 0.1) is 0 Å². The van der Waals surface area contributed by atoms with Crippen LogP contribution in [-0.2, 0) is 0 Å². The molecule has 2 aromatic rings. The van der Waals surface area contributed by atoms with Gasteiger partial charge in [0.2, 0.25) is 0 Å². The molecule has 1 aromatic carbocycles. The highest BCUT2D eigenvalue weighted by Crippen LogP contribution is 2.32. The molecule has 92 valence electrons. The van der Waals surface area contributed by atoms with Crippen molar-refractivity contribution in [3.63, 3.8) is 0 Å². The maximum Gasteiger partial charge on any atom is 0.171 e. The summed E-state index contributed by atoms with van der Waals surface area (Å²) in [6, 6.07) is 9.40. The van der Waals surface area contributed by atoms with Gasteiger partial charge in [-0.05, 0) is 30.3 Å². The van der Waals surface area contributed by atoms with E-state index in [1.165, 1.54) is 11.8 Å². The summed E-state index contributed by atoms with van der Waals surface area (Å²) in [5.74, 6) is 0.0963. The molecule has 0 aliphatic carbocycles. The first-order chi connectivity index (χ1) is 8.70. The van der Waals surface area contributed by atoms with Gasteiger partial charge in [-0.15, -0.1) is 0 Å². The lowest BCUT2D eigenvalue weighted by atomic mass is 10.2. The topological polar surface area (TPSA) is 71.5 Å². The molecule has 0 unspecified atom stereocenters. The van der Waals surface area contributed by atoms with E-state index in [0.717, 1.165) is 14.3 Å². The molecule has 4 nitrogen and oxygen atoms in total. The summed E-state index contributed by atoms with van der Waals surface area (Å²) in [6.45, 7) is 0. The van der Waals surface area contributed by atoms with E-state index >= 15 is 0 Å². The molecule has 2 rings (SSSR count). The largest absolute Gasteiger partial charge is 0.409 e. The van der Waals surface area contributed by atoms with Gasteiger partial charge in [0.25, 0.3) is 0 Å². The standard InChI is InChI=1S/C12H10BrN3OS/c13-8-1-2-10(12(14)16-17)11(7-8)18-9-3-5-15-6-4-9/h1-7,17H,(H2,14,16). The van der Waals surface area contributed by atoms with Crippen LogP contribution < -0.4 is 5.73 Å². The molecule has 0 fully saturated rings. The minimum atomic E-state index is 0.0963. The summed E-state index contributed by atoms with van der Waals surface area (Å²) >= 11 is 4.94. The van der Waals surface area contributed by atoms with E-state index in [1.54, 1.807) is 12.4 Å². The molecule has 0 bridgehead atoms. The van der Waals surface area contributed by atoms with Gasteiger partial charge >= 0.3 is 0 Å². The van der Waals surface area contributed by atoms with Crippen LogP contribution in [0.1, 0.15) is 5.56 Å². The van der Waals surface area contributed by atoms with E-state index in [2.05, 4.69) is 26.1 Å². The van der Waals surface area contributed by atoms with Gasteiger partial charge in [-0.25, -0.2) is 0 Å². The number of pyridine rings is 1. The number of halogens is 1. The summed E-state index contributed by atoms with van der Waals surface area (Å²) in [7, 11) is 0. The Labute approximate surface area is 117 Å². The van der Waals surface area contributed by atoms with Crippen LogP contribution in [0.5, 0.6) is 0 Å². The highest BCUT2D eigenvalue weighted by Gasteiger charge is 2.09. The number of hydrogen-bond donors (Lipinski definition) is 2. The van der Waals surface area contributed by atoms with Gasteiger partial charge < -0.3 is 10.9 Å². The van der Waals surface area contributed by atoms with Crippen molar-refractivity contribution in [2.75, 3.05) is 0 Å². The third-order valence-corrected chi connectivity index (χ3v) is 3.76. The van der Waals surface area contributed by atoms with Crippen LogP contribution in [0.25, 0.3) is 0 Å². The molecule has 0 aliphatic rings. The fourth-order valence-electron chi connectivity index (χ4n) is 1.38. The Morgan fingerprint density at radius 2 is 2.00 bits per heavy atom. The average Bonchev–Trinajstić information content (AvgIpc) is 2.39. The van der Waals surface area contributed by atoms with Gasteiger partial charge in [-0.3, -0.25) is 4.98 Å². The Kier molecular flexibility index (Phi) is 4.22. The van der Waals surface area contributed by atoms with Gasteiger partial charge in [0.05, 0.1) is 0 Å². The van der Waals surface area contributed by atoms with Crippen molar-refractivity contribution in [3.05, 3.63) is 52.8 Å². The molecule has 0 saturated carbocycles. The SMILES string of the molecule is N/C(=N/O)c1ccc(Br)cc1Sc1ccncc1. The third kappa shape index (κ3) is 3.02. The molecule has 0 atom stereocenters. The zero-order valence-electron chi connectivity index (χ0n) is 9.25. The Bertz CT molecular complexity index is 575. The van der Waals surface area contributed by atoms with E-state index < -0.39 is 0 Å². The highest BCUT2D eigenvalue weighted by atomic mass is 79.9. The Balaban J connectivity index is 2.40. The van der Waals surface area contributed by atoms with E-state index in [-0.39, 0.29) is 5.84 Å². The van der Waals surface area contributed by atoms with Crippen molar-refractivity contribution in [1.82, 2.24) is 4.98 Å². The number of rotatable bonds is 3. The fourth-order valence-corrected chi connectivity index (χ4v) is 2.87. The molecule has 1 aromatic heterocycles.